The Labute approximate surface area is 143 Å². The second-order valence-corrected chi connectivity index (χ2v) is 8.32. The van der Waals surface area contributed by atoms with E-state index in [4.69, 9.17) is 10.5 Å². The highest BCUT2D eigenvalue weighted by atomic mass is 19.4. The molecule has 3 aliphatic rings. The van der Waals surface area contributed by atoms with E-state index < -0.39 is 18.1 Å². The van der Waals surface area contributed by atoms with E-state index in [9.17, 15) is 13.2 Å². The van der Waals surface area contributed by atoms with Crippen molar-refractivity contribution in [1.82, 2.24) is 0 Å². The fourth-order valence-corrected chi connectivity index (χ4v) is 5.19. The predicted molar refractivity (Wildman–Crippen MR) is 88.6 cm³/mol. The van der Waals surface area contributed by atoms with Crippen LogP contribution in [0.2, 0.25) is 0 Å². The van der Waals surface area contributed by atoms with Gasteiger partial charge in [0.25, 0.3) is 0 Å². The number of hydrogen-bond donors (Lipinski definition) is 1. The van der Waals surface area contributed by atoms with Gasteiger partial charge in [-0.2, -0.15) is 13.2 Å². The van der Waals surface area contributed by atoms with E-state index in [1.54, 1.807) is 0 Å². The van der Waals surface area contributed by atoms with E-state index in [2.05, 4.69) is 0 Å². The van der Waals surface area contributed by atoms with E-state index in [1.165, 1.54) is 44.9 Å². The van der Waals surface area contributed by atoms with Gasteiger partial charge >= 0.3 is 6.18 Å². The van der Waals surface area contributed by atoms with Crippen molar-refractivity contribution in [2.75, 3.05) is 0 Å². The lowest BCUT2D eigenvalue weighted by Gasteiger charge is -2.40. The molecule has 0 heterocycles. The summed E-state index contributed by atoms with van der Waals surface area (Å²) in [5, 5.41) is 0. The van der Waals surface area contributed by atoms with Gasteiger partial charge in [0, 0.05) is 6.04 Å². The number of halogens is 3. The molecule has 0 amide bonds. The molecule has 3 rings (SSSR count). The molecular weight excluding hydrogens is 315 g/mol. The summed E-state index contributed by atoms with van der Waals surface area (Å²) >= 11 is 0. The molecule has 3 atom stereocenters. The Morgan fingerprint density at radius 2 is 1.38 bits per heavy atom. The molecule has 0 saturated heterocycles. The standard InChI is InChI=1S/C19H32F3NO/c20-19(21,22)15-8-11-18(17(23)12-15)24-16-9-6-14(7-10-16)13-4-2-1-3-5-13/h13-18H,1-12,23H2. The third kappa shape index (κ3) is 4.66. The van der Waals surface area contributed by atoms with Gasteiger partial charge in [0.15, 0.2) is 0 Å². The molecule has 3 saturated carbocycles. The quantitative estimate of drug-likeness (QED) is 0.761. The Bertz CT molecular complexity index is 387. The molecule has 0 bridgehead atoms. The highest BCUT2D eigenvalue weighted by Gasteiger charge is 2.44. The van der Waals surface area contributed by atoms with Crippen molar-refractivity contribution >= 4 is 0 Å². The minimum Gasteiger partial charge on any atom is -0.373 e. The highest BCUT2D eigenvalue weighted by Crippen LogP contribution is 2.41. The number of hydrogen-bond acceptors (Lipinski definition) is 2. The predicted octanol–water partition coefficient (Wildman–Crippen LogP) is 5.20. The molecule has 3 unspecified atom stereocenters. The van der Waals surface area contributed by atoms with Crippen LogP contribution in [0.5, 0.6) is 0 Å². The molecule has 0 aromatic heterocycles. The van der Waals surface area contributed by atoms with E-state index in [0.29, 0.717) is 6.42 Å². The maximum absolute atomic E-state index is 12.8. The molecule has 0 radical (unpaired) electrons. The smallest absolute Gasteiger partial charge is 0.373 e. The lowest BCUT2D eigenvalue weighted by atomic mass is 9.73. The van der Waals surface area contributed by atoms with Crippen molar-refractivity contribution in [2.45, 2.75) is 101 Å². The zero-order chi connectivity index (χ0) is 17.2. The van der Waals surface area contributed by atoms with Crippen molar-refractivity contribution in [1.29, 1.82) is 0 Å². The molecule has 0 spiro atoms. The van der Waals surface area contributed by atoms with Crippen LogP contribution in [0.1, 0.15) is 77.0 Å². The fourth-order valence-electron chi connectivity index (χ4n) is 5.19. The van der Waals surface area contributed by atoms with Crippen LogP contribution in [0.4, 0.5) is 13.2 Å². The Hall–Kier alpha value is -0.290. The zero-order valence-electron chi connectivity index (χ0n) is 14.6. The van der Waals surface area contributed by atoms with Crippen molar-refractivity contribution in [3.05, 3.63) is 0 Å². The maximum atomic E-state index is 12.8. The zero-order valence-corrected chi connectivity index (χ0v) is 14.6. The van der Waals surface area contributed by atoms with Crippen LogP contribution in [0, 0.1) is 17.8 Å². The van der Waals surface area contributed by atoms with Crippen molar-refractivity contribution in [2.24, 2.45) is 23.5 Å². The van der Waals surface area contributed by atoms with Crippen molar-refractivity contribution in [3.63, 3.8) is 0 Å². The van der Waals surface area contributed by atoms with Crippen LogP contribution in [-0.4, -0.2) is 24.4 Å². The normalized spacial score (nSPS) is 39.8. The van der Waals surface area contributed by atoms with Gasteiger partial charge in [-0.3, -0.25) is 0 Å². The fraction of sp³-hybridized carbons (Fsp3) is 1.00. The summed E-state index contributed by atoms with van der Waals surface area (Å²) in [7, 11) is 0. The summed E-state index contributed by atoms with van der Waals surface area (Å²) in [6.07, 6.45) is 8.09. The molecule has 0 aromatic carbocycles. The van der Waals surface area contributed by atoms with Crippen molar-refractivity contribution < 1.29 is 17.9 Å². The topological polar surface area (TPSA) is 35.2 Å². The summed E-state index contributed by atoms with van der Waals surface area (Å²) in [5.74, 6) is 0.512. The van der Waals surface area contributed by atoms with Gasteiger partial charge < -0.3 is 10.5 Å². The summed E-state index contributed by atoms with van der Waals surface area (Å²) in [4.78, 5) is 0. The second-order valence-electron chi connectivity index (χ2n) is 8.32. The third-order valence-electron chi connectivity index (χ3n) is 6.70. The molecule has 5 heteroatoms. The Balaban J connectivity index is 1.41. The van der Waals surface area contributed by atoms with E-state index in [0.717, 1.165) is 24.7 Å². The number of alkyl halides is 3. The molecule has 24 heavy (non-hydrogen) atoms. The number of nitrogens with two attached hydrogens (primary N) is 1. The maximum Gasteiger partial charge on any atom is 0.391 e. The van der Waals surface area contributed by atoms with Crippen LogP contribution < -0.4 is 5.73 Å². The highest BCUT2D eigenvalue weighted by molar-refractivity contribution is 4.88. The summed E-state index contributed by atoms with van der Waals surface area (Å²) in [6.45, 7) is 0. The second kappa shape index (κ2) is 7.94. The first-order valence-corrected chi connectivity index (χ1v) is 9.91. The number of rotatable bonds is 3. The minimum atomic E-state index is -4.11. The summed E-state index contributed by atoms with van der Waals surface area (Å²) in [6, 6.07) is -0.471. The van der Waals surface area contributed by atoms with Crippen LogP contribution in [0.25, 0.3) is 0 Å². The van der Waals surface area contributed by atoms with E-state index in [1.807, 2.05) is 0 Å². The number of ether oxygens (including phenoxy) is 1. The monoisotopic (exact) mass is 347 g/mol. The lowest BCUT2D eigenvalue weighted by Crippen LogP contribution is -2.47. The van der Waals surface area contributed by atoms with Crippen LogP contribution in [-0.2, 0) is 4.74 Å². The van der Waals surface area contributed by atoms with Crippen LogP contribution in [0.3, 0.4) is 0 Å². The molecule has 3 aliphatic carbocycles. The first kappa shape index (κ1) is 18.5. The largest absolute Gasteiger partial charge is 0.391 e. The first-order chi connectivity index (χ1) is 11.4. The average Bonchev–Trinajstić information content (AvgIpc) is 2.57. The molecule has 2 nitrogen and oxygen atoms in total. The molecule has 2 N–H and O–H groups in total. The van der Waals surface area contributed by atoms with Gasteiger partial charge in [0.1, 0.15) is 0 Å². The van der Waals surface area contributed by atoms with Crippen molar-refractivity contribution in [3.8, 4) is 0 Å². The van der Waals surface area contributed by atoms with Crippen LogP contribution in [0.15, 0.2) is 0 Å². The summed E-state index contributed by atoms with van der Waals surface area (Å²) < 4.78 is 44.6. The van der Waals surface area contributed by atoms with Gasteiger partial charge in [-0.05, 0) is 56.8 Å². The lowest BCUT2D eigenvalue weighted by molar-refractivity contribution is -0.192. The van der Waals surface area contributed by atoms with Gasteiger partial charge in [-0.25, -0.2) is 0 Å². The third-order valence-corrected chi connectivity index (χ3v) is 6.70. The van der Waals surface area contributed by atoms with E-state index >= 15 is 0 Å². The Kier molecular flexibility index (Phi) is 6.12. The average molecular weight is 347 g/mol. The van der Waals surface area contributed by atoms with E-state index in [-0.39, 0.29) is 25.0 Å². The Morgan fingerprint density at radius 3 is 1.96 bits per heavy atom. The SMILES string of the molecule is NC1CC(C(F)(F)F)CCC1OC1CCC(C2CCCCC2)CC1. The van der Waals surface area contributed by atoms with Gasteiger partial charge in [0.2, 0.25) is 0 Å². The van der Waals surface area contributed by atoms with Gasteiger partial charge in [-0.1, -0.05) is 32.1 Å². The summed E-state index contributed by atoms with van der Waals surface area (Å²) in [5.41, 5.74) is 6.00. The Morgan fingerprint density at radius 1 is 0.750 bits per heavy atom. The van der Waals surface area contributed by atoms with Crippen LogP contribution >= 0.6 is 0 Å². The molecule has 3 fully saturated rings. The minimum absolute atomic E-state index is 0.0194. The molecular formula is C19H32F3NO. The first-order valence-electron chi connectivity index (χ1n) is 9.91. The molecule has 0 aliphatic heterocycles. The molecule has 140 valence electrons. The molecule has 0 aromatic rings. The van der Waals surface area contributed by atoms with Gasteiger partial charge in [-0.15, -0.1) is 0 Å². The van der Waals surface area contributed by atoms with Gasteiger partial charge in [0.05, 0.1) is 18.1 Å².